The van der Waals surface area contributed by atoms with E-state index in [2.05, 4.69) is 25.8 Å². The highest BCUT2D eigenvalue weighted by Crippen LogP contribution is 2.26. The smallest absolute Gasteiger partial charge is 0.0263 e. The van der Waals surface area contributed by atoms with E-state index in [1.807, 2.05) is 78.9 Å². The van der Waals surface area contributed by atoms with E-state index in [-0.39, 0.29) is 0 Å². The van der Waals surface area contributed by atoms with Crippen molar-refractivity contribution in [1.29, 1.82) is 0 Å². The Labute approximate surface area is 134 Å². The predicted octanol–water partition coefficient (Wildman–Crippen LogP) is 6.55. The summed E-state index contributed by atoms with van der Waals surface area (Å²) in [7, 11) is 0. The lowest BCUT2D eigenvalue weighted by atomic mass is 10.2. The molecule has 0 saturated heterocycles. The molecule has 0 atom stereocenters. The summed E-state index contributed by atoms with van der Waals surface area (Å²) in [5.74, 6) is 0. The van der Waals surface area contributed by atoms with Crippen LogP contribution in [0.15, 0.2) is 98.1 Å². The largest absolute Gasteiger partial charge is 0.0991 e. The van der Waals surface area contributed by atoms with E-state index in [1.54, 1.807) is 5.57 Å². The molecule has 2 aromatic rings. The van der Waals surface area contributed by atoms with E-state index in [9.17, 15) is 0 Å². The van der Waals surface area contributed by atoms with Crippen LogP contribution in [0.5, 0.6) is 0 Å². The van der Waals surface area contributed by atoms with Crippen molar-refractivity contribution in [1.82, 2.24) is 0 Å². The fourth-order valence-electron chi connectivity index (χ4n) is 1.58. The van der Waals surface area contributed by atoms with Gasteiger partial charge in [-0.2, -0.15) is 0 Å². The summed E-state index contributed by atoms with van der Waals surface area (Å²) in [4.78, 5) is 0. The van der Waals surface area contributed by atoms with Crippen molar-refractivity contribution in [2.45, 2.75) is 12.8 Å². The van der Waals surface area contributed by atoms with Crippen LogP contribution in [0.1, 0.15) is 24.0 Å². The Morgan fingerprint density at radius 2 is 1.05 bits per heavy atom. The summed E-state index contributed by atoms with van der Waals surface area (Å²) < 4.78 is 0. The first-order valence-electron chi connectivity index (χ1n) is 7.45. The Hall–Kier alpha value is -2.60. The van der Waals surface area contributed by atoms with Gasteiger partial charge in [0.05, 0.1) is 0 Å². The molecule has 2 aromatic carbocycles. The molecule has 1 saturated carbocycles. The predicted molar refractivity (Wildman–Crippen MR) is 101 cm³/mol. The Morgan fingerprint density at radius 1 is 0.636 bits per heavy atom. The molecule has 0 unspecified atom stereocenters. The molecule has 0 aliphatic heterocycles. The number of hydrogen-bond donors (Lipinski definition) is 0. The minimum Gasteiger partial charge on any atom is -0.0991 e. The molecule has 0 N–H and O–H groups in total. The highest BCUT2D eigenvalue weighted by molar-refractivity contribution is 5.46. The normalized spacial score (nSPS) is 10.8. The van der Waals surface area contributed by atoms with Crippen molar-refractivity contribution in [3.63, 3.8) is 0 Å². The van der Waals surface area contributed by atoms with E-state index in [4.69, 9.17) is 0 Å². The van der Waals surface area contributed by atoms with Gasteiger partial charge in [-0.25, -0.2) is 0 Å². The third-order valence-corrected chi connectivity index (χ3v) is 2.96. The second-order valence-electron chi connectivity index (χ2n) is 4.79. The molecule has 0 aromatic heterocycles. The van der Waals surface area contributed by atoms with Crippen LogP contribution in [0.2, 0.25) is 0 Å². The summed E-state index contributed by atoms with van der Waals surface area (Å²) in [5.41, 5.74) is 3.89. The average Bonchev–Trinajstić information content (AvgIpc) is 3.42. The molecule has 0 nitrogen and oxygen atoms in total. The number of allylic oxidation sites excluding steroid dienone is 3. The van der Waals surface area contributed by atoms with E-state index in [1.165, 1.54) is 24.0 Å². The summed E-state index contributed by atoms with van der Waals surface area (Å²) in [6.07, 6.45) is 10.2. The molecule has 22 heavy (non-hydrogen) atoms. The zero-order valence-electron chi connectivity index (χ0n) is 13.1. The molecule has 1 fully saturated rings. The Kier molecular flexibility index (Phi) is 8.81. The first-order valence-corrected chi connectivity index (χ1v) is 7.45. The van der Waals surface area contributed by atoms with Crippen molar-refractivity contribution in [3.8, 4) is 0 Å². The number of hydrogen-bond acceptors (Lipinski definition) is 0. The summed E-state index contributed by atoms with van der Waals surface area (Å²) in [6, 6.07) is 20.1. The molecule has 3 rings (SSSR count). The molecule has 0 amide bonds. The minimum absolute atomic E-state index is 1.17. The van der Waals surface area contributed by atoms with E-state index < -0.39 is 0 Å². The van der Waals surface area contributed by atoms with E-state index in [0.717, 1.165) is 0 Å². The van der Waals surface area contributed by atoms with Crippen molar-refractivity contribution in [2.24, 2.45) is 0 Å². The summed E-state index contributed by atoms with van der Waals surface area (Å²) in [5, 5.41) is 0. The first-order chi connectivity index (χ1) is 10.8. The maximum absolute atomic E-state index is 3.63. The maximum Gasteiger partial charge on any atom is -0.0263 e. The Bertz CT molecular complexity index is 539. The van der Waals surface area contributed by atoms with Crippen molar-refractivity contribution in [3.05, 3.63) is 109 Å². The lowest BCUT2D eigenvalue weighted by molar-refractivity contribution is 1.50. The third kappa shape index (κ3) is 8.55. The van der Waals surface area contributed by atoms with E-state index in [0.29, 0.717) is 0 Å². The highest BCUT2D eigenvalue weighted by atomic mass is 14.1. The van der Waals surface area contributed by atoms with Crippen LogP contribution in [-0.2, 0) is 0 Å². The minimum atomic E-state index is 1.17. The van der Waals surface area contributed by atoms with Crippen LogP contribution in [0.25, 0.3) is 12.2 Å². The SMILES string of the molecule is C=CC=C1CC1.C=Cc1ccccc1.C=Cc1ccccc1. The van der Waals surface area contributed by atoms with Crippen LogP contribution >= 0.6 is 0 Å². The zero-order valence-corrected chi connectivity index (χ0v) is 13.1. The molecule has 112 valence electrons. The fourth-order valence-corrected chi connectivity index (χ4v) is 1.58. The Morgan fingerprint density at radius 3 is 1.23 bits per heavy atom. The van der Waals surface area contributed by atoms with Crippen LogP contribution in [0.4, 0.5) is 0 Å². The van der Waals surface area contributed by atoms with Gasteiger partial charge in [0, 0.05) is 0 Å². The lowest BCUT2D eigenvalue weighted by Gasteiger charge is -1.85. The third-order valence-electron chi connectivity index (χ3n) is 2.96. The van der Waals surface area contributed by atoms with Crippen molar-refractivity contribution >= 4 is 12.2 Å². The monoisotopic (exact) mass is 288 g/mol. The highest BCUT2D eigenvalue weighted by Gasteiger charge is 2.07. The lowest BCUT2D eigenvalue weighted by Crippen LogP contribution is -1.63. The molecular formula is C22H24. The molecule has 0 bridgehead atoms. The molecular weight excluding hydrogens is 264 g/mol. The van der Waals surface area contributed by atoms with Gasteiger partial charge in [-0.15, -0.1) is 0 Å². The van der Waals surface area contributed by atoms with Crippen molar-refractivity contribution in [2.75, 3.05) is 0 Å². The van der Waals surface area contributed by atoms with Gasteiger partial charge in [0.1, 0.15) is 0 Å². The molecule has 0 heterocycles. The molecule has 0 heteroatoms. The van der Waals surface area contributed by atoms with Gasteiger partial charge >= 0.3 is 0 Å². The van der Waals surface area contributed by atoms with Gasteiger partial charge in [0.25, 0.3) is 0 Å². The first kappa shape index (κ1) is 17.5. The molecule has 0 radical (unpaired) electrons. The van der Waals surface area contributed by atoms with Gasteiger partial charge in [-0.1, -0.05) is 110 Å². The summed E-state index contributed by atoms with van der Waals surface area (Å²) >= 11 is 0. The van der Waals surface area contributed by atoms with Crippen LogP contribution in [-0.4, -0.2) is 0 Å². The van der Waals surface area contributed by atoms with Crippen molar-refractivity contribution < 1.29 is 0 Å². The fraction of sp³-hybridized carbons (Fsp3) is 0.0909. The van der Waals surface area contributed by atoms with Gasteiger partial charge in [0.15, 0.2) is 0 Å². The second-order valence-corrected chi connectivity index (χ2v) is 4.79. The molecule has 0 spiro atoms. The summed E-state index contributed by atoms with van der Waals surface area (Å²) in [6.45, 7) is 10.8. The Balaban J connectivity index is 0.000000167. The standard InChI is InChI=1S/2C8H8.C6H8/c2*1-2-8-6-4-3-5-7-8;1-2-3-6-4-5-6/h2*2-7H,1H2;2-3H,1,4-5H2. The van der Waals surface area contributed by atoms with Gasteiger partial charge in [0.2, 0.25) is 0 Å². The second kappa shape index (κ2) is 11.1. The molecule has 1 aliphatic carbocycles. The van der Waals surface area contributed by atoms with E-state index >= 15 is 0 Å². The average molecular weight is 288 g/mol. The molecule has 1 aliphatic rings. The van der Waals surface area contributed by atoms with Gasteiger partial charge < -0.3 is 0 Å². The van der Waals surface area contributed by atoms with Crippen LogP contribution < -0.4 is 0 Å². The van der Waals surface area contributed by atoms with Crippen LogP contribution in [0.3, 0.4) is 0 Å². The maximum atomic E-state index is 3.63. The zero-order chi connectivity index (χ0) is 16.0. The van der Waals surface area contributed by atoms with Gasteiger partial charge in [-0.05, 0) is 24.0 Å². The number of benzene rings is 2. The quantitative estimate of drug-likeness (QED) is 0.600. The number of rotatable bonds is 3. The van der Waals surface area contributed by atoms with Crippen LogP contribution in [0, 0.1) is 0 Å². The van der Waals surface area contributed by atoms with Gasteiger partial charge in [-0.3, -0.25) is 0 Å². The topological polar surface area (TPSA) is 0 Å².